The molecule has 0 aliphatic carbocycles. The molecule has 2 heterocycles. The standard InChI is InChI=1S/C13H9N3O/c17-12(13-15-5-6-16-13)11-8-14-7-9-3-1-2-4-10(9)11/h1-8H,(H,15,16). The zero-order chi connectivity index (χ0) is 11.7. The Morgan fingerprint density at radius 3 is 2.88 bits per heavy atom. The lowest BCUT2D eigenvalue weighted by Gasteiger charge is -2.02. The van der Waals surface area contributed by atoms with Gasteiger partial charge in [0.15, 0.2) is 5.82 Å². The van der Waals surface area contributed by atoms with E-state index in [-0.39, 0.29) is 5.78 Å². The van der Waals surface area contributed by atoms with Crippen LogP contribution < -0.4 is 0 Å². The van der Waals surface area contributed by atoms with E-state index in [9.17, 15) is 4.79 Å². The number of pyridine rings is 1. The van der Waals surface area contributed by atoms with Crippen molar-refractivity contribution < 1.29 is 4.79 Å². The van der Waals surface area contributed by atoms with Gasteiger partial charge in [0, 0.05) is 30.2 Å². The first-order valence-electron chi connectivity index (χ1n) is 5.23. The van der Waals surface area contributed by atoms with Crippen LogP contribution in [0.3, 0.4) is 0 Å². The molecule has 0 unspecified atom stereocenters. The zero-order valence-electron chi connectivity index (χ0n) is 8.92. The Morgan fingerprint density at radius 2 is 2.06 bits per heavy atom. The molecule has 0 bridgehead atoms. The normalized spacial score (nSPS) is 10.6. The number of hydrogen-bond acceptors (Lipinski definition) is 3. The molecule has 0 fully saturated rings. The number of H-pyrrole nitrogens is 1. The predicted molar refractivity (Wildman–Crippen MR) is 63.8 cm³/mol. The van der Waals surface area contributed by atoms with Crippen molar-refractivity contribution in [1.29, 1.82) is 0 Å². The maximum Gasteiger partial charge on any atom is 0.230 e. The van der Waals surface area contributed by atoms with Crippen LogP contribution in [0.4, 0.5) is 0 Å². The van der Waals surface area contributed by atoms with Gasteiger partial charge in [-0.05, 0) is 5.39 Å². The highest BCUT2D eigenvalue weighted by atomic mass is 16.1. The smallest absolute Gasteiger partial charge is 0.230 e. The van der Waals surface area contributed by atoms with Crippen LogP contribution in [0.2, 0.25) is 0 Å². The first-order chi connectivity index (χ1) is 8.36. The van der Waals surface area contributed by atoms with Crippen LogP contribution in [0, 0.1) is 0 Å². The van der Waals surface area contributed by atoms with Crippen LogP contribution in [0.5, 0.6) is 0 Å². The molecular formula is C13H9N3O. The molecule has 3 rings (SSSR count). The molecule has 17 heavy (non-hydrogen) atoms. The quantitative estimate of drug-likeness (QED) is 0.677. The third-order valence-electron chi connectivity index (χ3n) is 2.63. The summed E-state index contributed by atoms with van der Waals surface area (Å²) in [5.74, 6) is 0.197. The Bertz CT molecular complexity index is 669. The third kappa shape index (κ3) is 1.59. The number of aromatic amines is 1. The number of hydrogen-bond donors (Lipinski definition) is 1. The summed E-state index contributed by atoms with van der Waals surface area (Å²) in [5, 5.41) is 1.84. The van der Waals surface area contributed by atoms with Crippen LogP contribution in [-0.2, 0) is 0 Å². The number of fused-ring (bicyclic) bond motifs is 1. The van der Waals surface area contributed by atoms with Gasteiger partial charge in [-0.15, -0.1) is 0 Å². The summed E-state index contributed by atoms with van der Waals surface area (Å²) in [6.45, 7) is 0. The zero-order valence-corrected chi connectivity index (χ0v) is 8.92. The van der Waals surface area contributed by atoms with Gasteiger partial charge >= 0.3 is 0 Å². The number of carbonyl (C=O) groups is 1. The molecule has 82 valence electrons. The van der Waals surface area contributed by atoms with Crippen molar-refractivity contribution in [3.8, 4) is 0 Å². The molecule has 0 atom stereocenters. The van der Waals surface area contributed by atoms with E-state index in [4.69, 9.17) is 0 Å². The number of ketones is 1. The van der Waals surface area contributed by atoms with Crippen molar-refractivity contribution in [2.75, 3.05) is 0 Å². The summed E-state index contributed by atoms with van der Waals surface area (Å²) in [4.78, 5) is 23.0. The second kappa shape index (κ2) is 3.83. The van der Waals surface area contributed by atoms with E-state index in [1.54, 1.807) is 24.8 Å². The summed E-state index contributed by atoms with van der Waals surface area (Å²) in [6.07, 6.45) is 6.51. The van der Waals surface area contributed by atoms with Gasteiger partial charge in [-0.1, -0.05) is 24.3 Å². The highest BCUT2D eigenvalue weighted by Crippen LogP contribution is 2.18. The number of nitrogens with zero attached hydrogens (tertiary/aromatic N) is 2. The van der Waals surface area contributed by atoms with E-state index in [1.807, 2.05) is 24.3 Å². The summed E-state index contributed by atoms with van der Waals surface area (Å²) in [6, 6.07) is 7.67. The summed E-state index contributed by atoms with van der Waals surface area (Å²) in [7, 11) is 0. The van der Waals surface area contributed by atoms with E-state index in [2.05, 4.69) is 15.0 Å². The second-order valence-electron chi connectivity index (χ2n) is 3.68. The van der Waals surface area contributed by atoms with Crippen LogP contribution in [-0.4, -0.2) is 20.7 Å². The first kappa shape index (κ1) is 9.72. The monoisotopic (exact) mass is 223 g/mol. The average molecular weight is 223 g/mol. The van der Waals surface area contributed by atoms with Gasteiger partial charge in [0.1, 0.15) is 0 Å². The lowest BCUT2D eigenvalue weighted by atomic mass is 10.0. The number of rotatable bonds is 2. The molecule has 0 amide bonds. The highest BCUT2D eigenvalue weighted by Gasteiger charge is 2.14. The molecule has 0 radical (unpaired) electrons. The van der Waals surface area contributed by atoms with E-state index >= 15 is 0 Å². The Balaban J connectivity index is 2.21. The van der Waals surface area contributed by atoms with Crippen molar-refractivity contribution in [2.24, 2.45) is 0 Å². The molecule has 4 heteroatoms. The Morgan fingerprint density at radius 1 is 1.18 bits per heavy atom. The molecule has 0 spiro atoms. The fraction of sp³-hybridized carbons (Fsp3) is 0. The van der Waals surface area contributed by atoms with Crippen molar-refractivity contribution in [3.63, 3.8) is 0 Å². The minimum atomic E-state index is -0.140. The van der Waals surface area contributed by atoms with Gasteiger partial charge in [0.25, 0.3) is 0 Å². The van der Waals surface area contributed by atoms with Gasteiger partial charge < -0.3 is 4.98 Å². The van der Waals surface area contributed by atoms with Crippen LogP contribution in [0.1, 0.15) is 16.2 Å². The Kier molecular flexibility index (Phi) is 2.19. The molecule has 2 aromatic heterocycles. The summed E-state index contributed by atoms with van der Waals surface area (Å²) < 4.78 is 0. The van der Waals surface area contributed by atoms with E-state index < -0.39 is 0 Å². The Labute approximate surface area is 97.3 Å². The number of aromatic nitrogens is 3. The fourth-order valence-corrected chi connectivity index (χ4v) is 1.81. The molecule has 0 aliphatic rings. The van der Waals surface area contributed by atoms with E-state index in [0.717, 1.165) is 10.8 Å². The lowest BCUT2D eigenvalue weighted by molar-refractivity contribution is 0.103. The average Bonchev–Trinajstić information content (AvgIpc) is 2.91. The van der Waals surface area contributed by atoms with E-state index in [0.29, 0.717) is 11.4 Å². The Hall–Kier alpha value is -2.49. The fourth-order valence-electron chi connectivity index (χ4n) is 1.81. The molecule has 0 saturated heterocycles. The van der Waals surface area contributed by atoms with Crippen molar-refractivity contribution in [1.82, 2.24) is 15.0 Å². The molecule has 0 aliphatic heterocycles. The molecule has 0 saturated carbocycles. The number of benzene rings is 1. The SMILES string of the molecule is O=C(c1ncc[nH]1)c1cncc2ccccc12. The van der Waals surface area contributed by atoms with Gasteiger partial charge in [0.05, 0.1) is 5.56 Å². The van der Waals surface area contributed by atoms with Crippen molar-refractivity contribution in [2.45, 2.75) is 0 Å². The van der Waals surface area contributed by atoms with Gasteiger partial charge in [-0.2, -0.15) is 0 Å². The van der Waals surface area contributed by atoms with Crippen LogP contribution in [0.25, 0.3) is 10.8 Å². The van der Waals surface area contributed by atoms with Crippen molar-refractivity contribution in [3.05, 3.63) is 60.4 Å². The van der Waals surface area contributed by atoms with E-state index in [1.165, 1.54) is 0 Å². The van der Waals surface area contributed by atoms with Gasteiger partial charge in [0.2, 0.25) is 5.78 Å². The van der Waals surface area contributed by atoms with Crippen LogP contribution >= 0.6 is 0 Å². The minimum absolute atomic E-state index is 0.140. The number of carbonyl (C=O) groups excluding carboxylic acids is 1. The van der Waals surface area contributed by atoms with Crippen molar-refractivity contribution >= 4 is 16.6 Å². The number of imidazole rings is 1. The lowest BCUT2D eigenvalue weighted by Crippen LogP contribution is -2.04. The minimum Gasteiger partial charge on any atom is -0.342 e. The maximum absolute atomic E-state index is 12.2. The van der Waals surface area contributed by atoms with Gasteiger partial charge in [-0.25, -0.2) is 4.98 Å². The topological polar surface area (TPSA) is 58.6 Å². The third-order valence-corrected chi connectivity index (χ3v) is 2.63. The van der Waals surface area contributed by atoms with Gasteiger partial charge in [-0.3, -0.25) is 9.78 Å². The highest BCUT2D eigenvalue weighted by molar-refractivity contribution is 6.14. The summed E-state index contributed by atoms with van der Waals surface area (Å²) >= 11 is 0. The molecule has 1 aromatic carbocycles. The molecule has 1 N–H and O–H groups in total. The second-order valence-corrected chi connectivity index (χ2v) is 3.68. The summed E-state index contributed by atoms with van der Waals surface area (Å²) in [5.41, 5.74) is 0.568. The predicted octanol–water partition coefficient (Wildman–Crippen LogP) is 2.19. The number of nitrogens with one attached hydrogen (secondary N) is 1. The molecule has 3 aromatic rings. The maximum atomic E-state index is 12.2. The molecular weight excluding hydrogens is 214 g/mol. The largest absolute Gasteiger partial charge is 0.342 e. The van der Waals surface area contributed by atoms with Crippen LogP contribution in [0.15, 0.2) is 49.1 Å². The first-order valence-corrected chi connectivity index (χ1v) is 5.23. The molecule has 4 nitrogen and oxygen atoms in total.